The predicted molar refractivity (Wildman–Crippen MR) is 78.8 cm³/mol. The zero-order valence-corrected chi connectivity index (χ0v) is 12.2. The topological polar surface area (TPSA) is 87.7 Å². The lowest BCUT2D eigenvalue weighted by Gasteiger charge is -2.23. The lowest BCUT2D eigenvalue weighted by atomic mass is 9.98. The summed E-state index contributed by atoms with van der Waals surface area (Å²) in [4.78, 5) is 23.7. The highest BCUT2D eigenvalue weighted by Crippen LogP contribution is 2.31. The second-order valence-electron chi connectivity index (χ2n) is 5.13. The molecule has 6 nitrogen and oxygen atoms in total. The molecule has 0 saturated carbocycles. The Morgan fingerprint density at radius 1 is 1.48 bits per heavy atom. The molecule has 2 unspecified atom stereocenters. The minimum atomic E-state index is -1.03. The van der Waals surface area contributed by atoms with Crippen molar-refractivity contribution < 1.29 is 19.4 Å². The van der Waals surface area contributed by atoms with E-state index in [2.05, 4.69) is 10.6 Å². The van der Waals surface area contributed by atoms with Gasteiger partial charge in [-0.1, -0.05) is 26.3 Å². The molecule has 0 spiro atoms. The van der Waals surface area contributed by atoms with Crippen LogP contribution in [0.4, 0.5) is 5.69 Å². The van der Waals surface area contributed by atoms with Gasteiger partial charge in [-0.05, 0) is 18.1 Å². The van der Waals surface area contributed by atoms with Crippen LogP contribution in [0.3, 0.4) is 0 Å². The van der Waals surface area contributed by atoms with E-state index in [0.717, 1.165) is 5.69 Å². The van der Waals surface area contributed by atoms with Crippen LogP contribution in [0.5, 0.6) is 5.75 Å². The van der Waals surface area contributed by atoms with E-state index in [-0.39, 0.29) is 5.92 Å². The second-order valence-corrected chi connectivity index (χ2v) is 5.13. The first-order chi connectivity index (χ1) is 10.0. The molecule has 0 bridgehead atoms. The van der Waals surface area contributed by atoms with Gasteiger partial charge in [-0.25, -0.2) is 4.79 Å². The third-order valence-corrected chi connectivity index (χ3v) is 3.69. The van der Waals surface area contributed by atoms with Crippen LogP contribution in [0.15, 0.2) is 18.2 Å². The van der Waals surface area contributed by atoms with E-state index < -0.39 is 17.9 Å². The van der Waals surface area contributed by atoms with Gasteiger partial charge in [-0.15, -0.1) is 0 Å². The number of ether oxygens (including phenoxy) is 1. The molecule has 1 aromatic rings. The van der Waals surface area contributed by atoms with E-state index in [1.54, 1.807) is 19.1 Å². The highest BCUT2D eigenvalue weighted by atomic mass is 16.5. The molecule has 114 valence electrons. The van der Waals surface area contributed by atoms with Crippen LogP contribution >= 0.6 is 0 Å². The number of aliphatic carboxylic acids is 1. The molecule has 6 heteroatoms. The summed E-state index contributed by atoms with van der Waals surface area (Å²) in [5, 5.41) is 15.0. The lowest BCUT2D eigenvalue weighted by Crippen LogP contribution is -2.45. The third kappa shape index (κ3) is 3.26. The standard InChI is InChI=1S/C15H20N2O4/c1-3-9(2)12(15(19)20)17-14(18)10-5-4-6-11-13(10)21-8-7-16-11/h4-6,9,12,16H,3,7-8H2,1-2H3,(H,17,18)(H,19,20). The van der Waals surface area contributed by atoms with Crippen molar-refractivity contribution in [1.82, 2.24) is 5.32 Å². The second kappa shape index (κ2) is 6.47. The molecule has 1 aliphatic heterocycles. The average Bonchev–Trinajstić information content (AvgIpc) is 2.50. The Kier molecular flexibility index (Phi) is 4.67. The first kappa shape index (κ1) is 15.2. The van der Waals surface area contributed by atoms with Crippen molar-refractivity contribution in [2.75, 3.05) is 18.5 Å². The number of fused-ring (bicyclic) bond motifs is 1. The SMILES string of the molecule is CCC(C)C(NC(=O)c1cccc2c1OCCN2)C(=O)O. The molecule has 0 aliphatic carbocycles. The minimum Gasteiger partial charge on any atom is -0.489 e. The first-order valence-electron chi connectivity index (χ1n) is 7.08. The number of hydrogen-bond acceptors (Lipinski definition) is 4. The van der Waals surface area contributed by atoms with Crippen molar-refractivity contribution in [3.8, 4) is 5.75 Å². The van der Waals surface area contributed by atoms with Crippen LogP contribution < -0.4 is 15.4 Å². The molecule has 1 aliphatic rings. The van der Waals surface area contributed by atoms with E-state index in [9.17, 15) is 14.7 Å². The number of nitrogens with one attached hydrogen (secondary N) is 2. The number of para-hydroxylation sites is 1. The van der Waals surface area contributed by atoms with E-state index in [1.807, 2.05) is 13.0 Å². The van der Waals surface area contributed by atoms with Crippen molar-refractivity contribution >= 4 is 17.6 Å². The highest BCUT2D eigenvalue weighted by molar-refractivity contribution is 6.00. The number of anilines is 1. The van der Waals surface area contributed by atoms with Crippen LogP contribution in [-0.2, 0) is 4.79 Å². The molecular formula is C15H20N2O4. The third-order valence-electron chi connectivity index (χ3n) is 3.69. The number of rotatable bonds is 5. The largest absolute Gasteiger partial charge is 0.489 e. The number of benzene rings is 1. The fourth-order valence-corrected chi connectivity index (χ4v) is 2.25. The zero-order valence-electron chi connectivity index (χ0n) is 12.2. The molecule has 2 atom stereocenters. The van der Waals surface area contributed by atoms with Gasteiger partial charge in [0.2, 0.25) is 0 Å². The van der Waals surface area contributed by atoms with E-state index in [1.165, 1.54) is 0 Å². The molecule has 1 aromatic carbocycles. The first-order valence-corrected chi connectivity index (χ1v) is 7.08. The van der Waals surface area contributed by atoms with E-state index >= 15 is 0 Å². The number of carboxylic acids is 1. The molecule has 21 heavy (non-hydrogen) atoms. The van der Waals surface area contributed by atoms with Gasteiger partial charge in [0.25, 0.3) is 5.91 Å². The Morgan fingerprint density at radius 3 is 2.90 bits per heavy atom. The summed E-state index contributed by atoms with van der Waals surface area (Å²) in [6.45, 7) is 4.86. The van der Waals surface area contributed by atoms with Crippen molar-refractivity contribution in [2.24, 2.45) is 5.92 Å². The molecule has 1 amide bonds. The molecule has 0 saturated heterocycles. The Hall–Kier alpha value is -2.24. The fourth-order valence-electron chi connectivity index (χ4n) is 2.25. The van der Waals surface area contributed by atoms with Crippen LogP contribution in [0.25, 0.3) is 0 Å². The summed E-state index contributed by atoms with van der Waals surface area (Å²) >= 11 is 0. The number of carbonyl (C=O) groups excluding carboxylic acids is 1. The lowest BCUT2D eigenvalue weighted by molar-refractivity contribution is -0.140. The van der Waals surface area contributed by atoms with Crippen LogP contribution in [0.1, 0.15) is 30.6 Å². The Bertz CT molecular complexity index is 544. The van der Waals surface area contributed by atoms with Crippen LogP contribution in [-0.4, -0.2) is 36.2 Å². The molecule has 0 radical (unpaired) electrons. The summed E-state index contributed by atoms with van der Waals surface area (Å²) in [5.41, 5.74) is 1.11. The van der Waals surface area contributed by atoms with Gasteiger partial charge in [0.15, 0.2) is 5.75 Å². The average molecular weight is 292 g/mol. The zero-order chi connectivity index (χ0) is 15.4. The molecule has 2 rings (SSSR count). The summed E-state index contributed by atoms with van der Waals surface area (Å²) in [6.07, 6.45) is 0.669. The number of carbonyl (C=O) groups is 2. The quantitative estimate of drug-likeness (QED) is 0.769. The highest BCUT2D eigenvalue weighted by Gasteiger charge is 2.27. The smallest absolute Gasteiger partial charge is 0.326 e. The Morgan fingerprint density at radius 2 is 2.24 bits per heavy atom. The summed E-state index contributed by atoms with van der Waals surface area (Å²) in [6, 6.07) is 4.30. The maximum absolute atomic E-state index is 12.4. The van der Waals surface area contributed by atoms with Crippen molar-refractivity contribution in [3.05, 3.63) is 23.8 Å². The molecular weight excluding hydrogens is 272 g/mol. The monoisotopic (exact) mass is 292 g/mol. The Labute approximate surface area is 123 Å². The Balaban J connectivity index is 2.22. The predicted octanol–water partition coefficient (Wildman–Crippen LogP) is 1.72. The fraction of sp³-hybridized carbons (Fsp3) is 0.467. The molecule has 3 N–H and O–H groups in total. The number of hydrogen-bond donors (Lipinski definition) is 3. The minimum absolute atomic E-state index is 0.148. The maximum atomic E-state index is 12.4. The van der Waals surface area contributed by atoms with Crippen molar-refractivity contribution in [2.45, 2.75) is 26.3 Å². The normalized spacial score (nSPS) is 15.9. The van der Waals surface area contributed by atoms with Gasteiger partial charge in [0.1, 0.15) is 12.6 Å². The van der Waals surface area contributed by atoms with Gasteiger partial charge in [-0.3, -0.25) is 4.79 Å². The van der Waals surface area contributed by atoms with Gasteiger partial charge < -0.3 is 20.5 Å². The van der Waals surface area contributed by atoms with Crippen molar-refractivity contribution in [1.29, 1.82) is 0 Å². The maximum Gasteiger partial charge on any atom is 0.326 e. The number of carboxylic acid groups (broad SMARTS) is 1. The van der Waals surface area contributed by atoms with Gasteiger partial charge in [0, 0.05) is 6.54 Å². The van der Waals surface area contributed by atoms with E-state index in [0.29, 0.717) is 30.9 Å². The van der Waals surface area contributed by atoms with Crippen LogP contribution in [0, 0.1) is 5.92 Å². The summed E-state index contributed by atoms with van der Waals surface area (Å²) < 4.78 is 5.53. The van der Waals surface area contributed by atoms with E-state index in [4.69, 9.17) is 4.74 Å². The van der Waals surface area contributed by atoms with Crippen molar-refractivity contribution in [3.63, 3.8) is 0 Å². The van der Waals surface area contributed by atoms with Crippen LogP contribution in [0.2, 0.25) is 0 Å². The summed E-state index contributed by atoms with van der Waals surface area (Å²) in [7, 11) is 0. The molecule has 0 aromatic heterocycles. The number of amides is 1. The van der Waals surface area contributed by atoms with Gasteiger partial charge in [0.05, 0.1) is 11.3 Å². The van der Waals surface area contributed by atoms with Gasteiger partial charge in [-0.2, -0.15) is 0 Å². The van der Waals surface area contributed by atoms with Gasteiger partial charge >= 0.3 is 5.97 Å². The summed E-state index contributed by atoms with van der Waals surface area (Å²) in [5.74, 6) is -1.12. The molecule has 1 heterocycles. The molecule has 0 fully saturated rings.